The molecule has 8 heteroatoms. The van der Waals surface area contributed by atoms with Crippen LogP contribution in [0.2, 0.25) is 0 Å². The van der Waals surface area contributed by atoms with Crippen LogP contribution >= 0.6 is 11.8 Å². The maximum absolute atomic E-state index is 12.3. The third-order valence-electron chi connectivity index (χ3n) is 4.07. The van der Waals surface area contributed by atoms with Crippen molar-refractivity contribution in [2.45, 2.75) is 19.1 Å². The quantitative estimate of drug-likeness (QED) is 0.776. The number of nitrogens with zero attached hydrogens (tertiary/aromatic N) is 2. The summed E-state index contributed by atoms with van der Waals surface area (Å²) in [5.41, 5.74) is 7.04. The van der Waals surface area contributed by atoms with E-state index in [0.717, 1.165) is 5.56 Å². The molecule has 7 nitrogen and oxygen atoms in total. The van der Waals surface area contributed by atoms with Gasteiger partial charge in [0.15, 0.2) is 5.17 Å². The first-order chi connectivity index (χ1) is 13.5. The maximum Gasteiger partial charge on any atom is 0.269 e. The summed E-state index contributed by atoms with van der Waals surface area (Å²) in [6.45, 7) is 3.71. The molecule has 0 saturated heterocycles. The Kier molecular flexibility index (Phi) is 6.10. The zero-order valence-corrected chi connectivity index (χ0v) is 16.3. The number of benzene rings is 2. The van der Waals surface area contributed by atoms with E-state index in [1.807, 2.05) is 31.2 Å². The molecule has 0 saturated carbocycles. The molecule has 0 radical (unpaired) electrons. The highest BCUT2D eigenvalue weighted by Crippen LogP contribution is 2.26. The number of carbonyl (C=O) groups excluding carboxylic acids is 3. The standard InChI is InChI=1S/C20H20N4O3S/c1-13-8-10-16(11-9-13)24-17(25)12-21-20(24)28-14(2)18(26)22-23-19(27)15-6-4-3-5-7-15/h3-11,14H,12H2,1-2H3,(H,22,26)(H,23,27)/t14-/m0/s1. The van der Waals surface area contributed by atoms with Crippen molar-refractivity contribution in [1.82, 2.24) is 10.9 Å². The van der Waals surface area contributed by atoms with Crippen LogP contribution in [0.3, 0.4) is 0 Å². The Labute approximate surface area is 167 Å². The summed E-state index contributed by atoms with van der Waals surface area (Å²) in [7, 11) is 0. The van der Waals surface area contributed by atoms with E-state index in [-0.39, 0.29) is 18.4 Å². The summed E-state index contributed by atoms with van der Waals surface area (Å²) < 4.78 is 0. The van der Waals surface area contributed by atoms with E-state index in [1.54, 1.807) is 37.3 Å². The Balaban J connectivity index is 1.59. The lowest BCUT2D eigenvalue weighted by molar-refractivity contribution is -0.121. The number of aryl methyl sites for hydroxylation is 1. The van der Waals surface area contributed by atoms with Crippen molar-refractivity contribution < 1.29 is 14.4 Å². The van der Waals surface area contributed by atoms with Gasteiger partial charge in [-0.2, -0.15) is 0 Å². The molecule has 28 heavy (non-hydrogen) atoms. The number of hydrogen-bond donors (Lipinski definition) is 2. The van der Waals surface area contributed by atoms with Crippen molar-refractivity contribution >= 4 is 40.3 Å². The molecule has 1 heterocycles. The SMILES string of the molecule is Cc1ccc(N2C(=O)CN=C2S[C@@H](C)C(=O)NNC(=O)c2ccccc2)cc1. The predicted octanol–water partition coefficient (Wildman–Crippen LogP) is 2.28. The topological polar surface area (TPSA) is 90.9 Å². The lowest BCUT2D eigenvalue weighted by Gasteiger charge is -2.20. The van der Waals surface area contributed by atoms with Gasteiger partial charge >= 0.3 is 0 Å². The highest BCUT2D eigenvalue weighted by Gasteiger charge is 2.30. The van der Waals surface area contributed by atoms with Crippen molar-refractivity contribution in [3.63, 3.8) is 0 Å². The normalized spacial score (nSPS) is 14.4. The van der Waals surface area contributed by atoms with Crippen LogP contribution in [0.15, 0.2) is 59.6 Å². The van der Waals surface area contributed by atoms with Crippen molar-refractivity contribution in [2.24, 2.45) is 4.99 Å². The fraction of sp³-hybridized carbons (Fsp3) is 0.200. The molecule has 0 bridgehead atoms. The molecule has 0 fully saturated rings. The first kappa shape index (κ1) is 19.6. The minimum absolute atomic E-state index is 0.0509. The van der Waals surface area contributed by atoms with E-state index in [2.05, 4.69) is 15.8 Å². The summed E-state index contributed by atoms with van der Waals surface area (Å²) in [5, 5.41) is -0.0976. The van der Waals surface area contributed by atoms with Gasteiger partial charge in [0.25, 0.3) is 17.7 Å². The summed E-state index contributed by atoms with van der Waals surface area (Å²) in [4.78, 5) is 42.3. The summed E-state index contributed by atoms with van der Waals surface area (Å²) >= 11 is 1.17. The molecule has 2 aromatic rings. The predicted molar refractivity (Wildman–Crippen MR) is 110 cm³/mol. The van der Waals surface area contributed by atoms with Gasteiger partial charge in [0.1, 0.15) is 6.54 Å². The smallest absolute Gasteiger partial charge is 0.269 e. The van der Waals surface area contributed by atoms with E-state index in [1.165, 1.54) is 16.7 Å². The second kappa shape index (κ2) is 8.71. The van der Waals surface area contributed by atoms with E-state index in [9.17, 15) is 14.4 Å². The van der Waals surface area contributed by atoms with Crippen LogP contribution in [0.5, 0.6) is 0 Å². The Bertz CT molecular complexity index is 913. The summed E-state index contributed by atoms with van der Waals surface area (Å²) in [5.74, 6) is -0.933. The number of carbonyl (C=O) groups is 3. The van der Waals surface area contributed by atoms with Gasteiger partial charge in [-0.15, -0.1) is 0 Å². The minimum Gasteiger partial charge on any atom is -0.272 e. The van der Waals surface area contributed by atoms with Crippen molar-refractivity contribution in [1.29, 1.82) is 0 Å². The van der Waals surface area contributed by atoms with E-state index < -0.39 is 11.2 Å². The third kappa shape index (κ3) is 4.58. The molecule has 0 aromatic heterocycles. The molecular formula is C20H20N4O3S. The first-order valence-corrected chi connectivity index (χ1v) is 9.59. The van der Waals surface area contributed by atoms with Gasteiger partial charge < -0.3 is 0 Å². The van der Waals surface area contributed by atoms with E-state index >= 15 is 0 Å². The van der Waals surface area contributed by atoms with Crippen LogP contribution in [0.25, 0.3) is 0 Å². The summed E-state index contributed by atoms with van der Waals surface area (Å²) in [6, 6.07) is 16.1. The second-order valence-electron chi connectivity index (χ2n) is 6.23. The molecule has 1 atom stereocenters. The Morgan fingerprint density at radius 3 is 2.43 bits per heavy atom. The van der Waals surface area contributed by atoms with Crippen molar-refractivity contribution in [3.05, 3.63) is 65.7 Å². The zero-order valence-electron chi connectivity index (χ0n) is 15.5. The number of amides is 3. The molecule has 0 spiro atoms. The Morgan fingerprint density at radius 2 is 1.75 bits per heavy atom. The van der Waals surface area contributed by atoms with Gasteiger partial charge in [-0.25, -0.2) is 0 Å². The lowest BCUT2D eigenvalue weighted by Crippen LogP contribution is -2.45. The largest absolute Gasteiger partial charge is 0.272 e. The average Bonchev–Trinajstić information content (AvgIpc) is 3.07. The zero-order chi connectivity index (χ0) is 20.1. The van der Waals surface area contributed by atoms with Gasteiger partial charge in [0.2, 0.25) is 0 Å². The molecule has 0 aliphatic carbocycles. The molecule has 144 valence electrons. The molecule has 2 aromatic carbocycles. The fourth-order valence-electron chi connectivity index (χ4n) is 2.51. The number of anilines is 1. The monoisotopic (exact) mass is 396 g/mol. The number of thioether (sulfide) groups is 1. The minimum atomic E-state index is -0.561. The Hall–Kier alpha value is -3.13. The third-order valence-corrected chi connectivity index (χ3v) is 5.16. The van der Waals surface area contributed by atoms with Gasteiger partial charge in [-0.1, -0.05) is 47.7 Å². The number of hydrogen-bond acceptors (Lipinski definition) is 5. The molecule has 3 rings (SSSR count). The highest BCUT2D eigenvalue weighted by molar-refractivity contribution is 8.15. The number of rotatable bonds is 4. The van der Waals surface area contributed by atoms with Crippen LogP contribution in [0, 0.1) is 6.92 Å². The van der Waals surface area contributed by atoms with Crippen LogP contribution in [-0.2, 0) is 9.59 Å². The van der Waals surface area contributed by atoms with E-state index in [0.29, 0.717) is 16.4 Å². The maximum atomic E-state index is 12.3. The first-order valence-electron chi connectivity index (χ1n) is 8.71. The van der Waals surface area contributed by atoms with Crippen LogP contribution in [0.4, 0.5) is 5.69 Å². The lowest BCUT2D eigenvalue weighted by atomic mass is 10.2. The van der Waals surface area contributed by atoms with Gasteiger partial charge in [0, 0.05) is 5.56 Å². The molecule has 1 aliphatic heterocycles. The second-order valence-corrected chi connectivity index (χ2v) is 7.54. The van der Waals surface area contributed by atoms with Gasteiger partial charge in [-0.3, -0.25) is 35.1 Å². The number of amidine groups is 1. The number of nitrogens with one attached hydrogen (secondary N) is 2. The molecule has 3 amide bonds. The van der Waals surface area contributed by atoms with E-state index in [4.69, 9.17) is 0 Å². The molecule has 2 N–H and O–H groups in total. The van der Waals surface area contributed by atoms with Gasteiger partial charge in [-0.05, 0) is 38.1 Å². The molecule has 0 unspecified atom stereocenters. The van der Waals surface area contributed by atoms with Crippen LogP contribution in [0.1, 0.15) is 22.8 Å². The molecule has 1 aliphatic rings. The van der Waals surface area contributed by atoms with Crippen LogP contribution < -0.4 is 15.8 Å². The van der Waals surface area contributed by atoms with Crippen LogP contribution in [-0.4, -0.2) is 34.7 Å². The number of hydrazine groups is 1. The van der Waals surface area contributed by atoms with Crippen molar-refractivity contribution in [3.8, 4) is 0 Å². The Morgan fingerprint density at radius 1 is 1.07 bits per heavy atom. The fourth-order valence-corrected chi connectivity index (χ4v) is 3.45. The van der Waals surface area contributed by atoms with Crippen molar-refractivity contribution in [2.75, 3.05) is 11.4 Å². The number of aliphatic imine (C=N–C) groups is 1. The van der Waals surface area contributed by atoms with Gasteiger partial charge in [0.05, 0.1) is 10.9 Å². The average molecular weight is 396 g/mol. The highest BCUT2D eigenvalue weighted by atomic mass is 32.2. The summed E-state index contributed by atoms with van der Waals surface area (Å²) in [6.07, 6.45) is 0. The molecular weight excluding hydrogens is 376 g/mol.